The first kappa shape index (κ1) is 10.8. The summed E-state index contributed by atoms with van der Waals surface area (Å²) in [4.78, 5) is 3.55. The lowest BCUT2D eigenvalue weighted by atomic mass is 9.87. The Morgan fingerprint density at radius 3 is 2.58 bits per heavy atom. The molecule has 3 aromatic rings. The molecule has 0 spiro atoms. The van der Waals surface area contributed by atoms with Crippen LogP contribution in [0.1, 0.15) is 22.7 Å². The van der Waals surface area contributed by atoms with Gasteiger partial charge < -0.3 is 10.3 Å². The molecular weight excluding hydrogens is 232 g/mol. The van der Waals surface area contributed by atoms with Crippen LogP contribution in [0.25, 0.3) is 10.9 Å². The summed E-state index contributed by atoms with van der Waals surface area (Å²) in [6, 6.07) is 19.4. The standard InChI is InChI=1S/C17H16N2/c1-2-6-12(7-3-1)14-10-18-11-16-17(14)13-8-4-5-9-15(13)19-16/h1-9,14,18-19H,10-11H2. The summed E-state index contributed by atoms with van der Waals surface area (Å²) in [5, 5.41) is 4.89. The van der Waals surface area contributed by atoms with E-state index < -0.39 is 0 Å². The highest BCUT2D eigenvalue weighted by Crippen LogP contribution is 2.35. The molecule has 1 aliphatic rings. The minimum atomic E-state index is 0.445. The van der Waals surface area contributed by atoms with Gasteiger partial charge in [0.15, 0.2) is 0 Å². The quantitative estimate of drug-likeness (QED) is 0.678. The van der Waals surface area contributed by atoms with Crippen molar-refractivity contribution in [2.24, 2.45) is 0 Å². The number of hydrogen-bond acceptors (Lipinski definition) is 1. The van der Waals surface area contributed by atoms with Crippen LogP contribution < -0.4 is 5.32 Å². The highest BCUT2D eigenvalue weighted by Gasteiger charge is 2.25. The van der Waals surface area contributed by atoms with E-state index in [2.05, 4.69) is 64.9 Å². The Balaban J connectivity index is 1.95. The number of rotatable bonds is 1. The van der Waals surface area contributed by atoms with Crippen LogP contribution in [0.5, 0.6) is 0 Å². The molecule has 0 fully saturated rings. The third-order valence-electron chi connectivity index (χ3n) is 4.03. The maximum atomic E-state index is 3.55. The molecule has 2 heteroatoms. The van der Waals surface area contributed by atoms with E-state index in [1.165, 1.54) is 27.7 Å². The van der Waals surface area contributed by atoms with E-state index in [0.29, 0.717) is 5.92 Å². The molecule has 0 aliphatic carbocycles. The summed E-state index contributed by atoms with van der Waals surface area (Å²) in [7, 11) is 0. The summed E-state index contributed by atoms with van der Waals surface area (Å²) in [6.45, 7) is 1.95. The molecule has 4 rings (SSSR count). The van der Waals surface area contributed by atoms with Crippen LogP contribution in [0, 0.1) is 0 Å². The van der Waals surface area contributed by atoms with Crippen LogP contribution in [0.4, 0.5) is 0 Å². The molecule has 2 aromatic carbocycles. The number of nitrogens with one attached hydrogen (secondary N) is 2. The van der Waals surface area contributed by atoms with Gasteiger partial charge in [-0.15, -0.1) is 0 Å². The van der Waals surface area contributed by atoms with Gasteiger partial charge in [0.25, 0.3) is 0 Å². The van der Waals surface area contributed by atoms with Crippen molar-refractivity contribution in [3.05, 3.63) is 71.4 Å². The zero-order chi connectivity index (χ0) is 12.7. The molecule has 0 radical (unpaired) electrons. The van der Waals surface area contributed by atoms with Crippen molar-refractivity contribution in [2.45, 2.75) is 12.5 Å². The van der Waals surface area contributed by atoms with E-state index in [-0.39, 0.29) is 0 Å². The number of para-hydroxylation sites is 1. The topological polar surface area (TPSA) is 27.8 Å². The van der Waals surface area contributed by atoms with Crippen LogP contribution in [-0.2, 0) is 6.54 Å². The van der Waals surface area contributed by atoms with Crippen molar-refractivity contribution >= 4 is 10.9 Å². The van der Waals surface area contributed by atoms with Gasteiger partial charge in [0.1, 0.15) is 0 Å². The lowest BCUT2D eigenvalue weighted by molar-refractivity contribution is 0.587. The van der Waals surface area contributed by atoms with Crippen LogP contribution in [0.2, 0.25) is 0 Å². The molecule has 94 valence electrons. The summed E-state index contributed by atoms with van der Waals surface area (Å²) in [5.74, 6) is 0.445. The van der Waals surface area contributed by atoms with E-state index in [9.17, 15) is 0 Å². The van der Waals surface area contributed by atoms with Gasteiger partial charge in [-0.05, 0) is 17.2 Å². The van der Waals surface area contributed by atoms with Gasteiger partial charge in [-0.1, -0.05) is 48.5 Å². The predicted molar refractivity (Wildman–Crippen MR) is 78.3 cm³/mol. The summed E-state index contributed by atoms with van der Waals surface area (Å²) in [5.41, 5.74) is 5.44. The lowest BCUT2D eigenvalue weighted by Gasteiger charge is -2.24. The van der Waals surface area contributed by atoms with E-state index in [4.69, 9.17) is 0 Å². The molecule has 0 bridgehead atoms. The Hall–Kier alpha value is -2.06. The van der Waals surface area contributed by atoms with Crippen molar-refractivity contribution < 1.29 is 0 Å². The summed E-state index contributed by atoms with van der Waals surface area (Å²) < 4.78 is 0. The van der Waals surface area contributed by atoms with E-state index >= 15 is 0 Å². The SMILES string of the molecule is c1ccc(C2CNCc3[nH]c4ccccc4c32)cc1. The molecule has 1 unspecified atom stereocenters. The summed E-state index contributed by atoms with van der Waals surface area (Å²) >= 11 is 0. The van der Waals surface area contributed by atoms with Gasteiger partial charge in [0.2, 0.25) is 0 Å². The normalized spacial score (nSPS) is 18.4. The Morgan fingerprint density at radius 1 is 0.895 bits per heavy atom. The third kappa shape index (κ3) is 1.68. The highest BCUT2D eigenvalue weighted by atomic mass is 14.9. The fourth-order valence-electron chi connectivity index (χ4n) is 3.17. The van der Waals surface area contributed by atoms with Gasteiger partial charge >= 0.3 is 0 Å². The second-order valence-electron chi connectivity index (χ2n) is 5.16. The average molecular weight is 248 g/mol. The van der Waals surface area contributed by atoms with Crippen LogP contribution in [0.3, 0.4) is 0 Å². The molecule has 0 saturated heterocycles. The number of benzene rings is 2. The van der Waals surface area contributed by atoms with Crippen molar-refractivity contribution in [1.29, 1.82) is 0 Å². The molecule has 1 aromatic heterocycles. The first-order chi connectivity index (χ1) is 9.43. The van der Waals surface area contributed by atoms with Gasteiger partial charge in [-0.25, -0.2) is 0 Å². The highest BCUT2D eigenvalue weighted by molar-refractivity contribution is 5.86. The average Bonchev–Trinajstić information content (AvgIpc) is 2.86. The number of H-pyrrole nitrogens is 1. The Labute approximate surface area is 112 Å². The van der Waals surface area contributed by atoms with E-state index in [1.807, 2.05) is 0 Å². The largest absolute Gasteiger partial charge is 0.357 e. The Morgan fingerprint density at radius 2 is 1.68 bits per heavy atom. The van der Waals surface area contributed by atoms with Crippen LogP contribution in [0.15, 0.2) is 54.6 Å². The second kappa shape index (κ2) is 4.25. The number of hydrogen-bond donors (Lipinski definition) is 2. The third-order valence-corrected chi connectivity index (χ3v) is 4.03. The molecule has 0 saturated carbocycles. The van der Waals surface area contributed by atoms with E-state index in [0.717, 1.165) is 13.1 Å². The molecule has 2 N–H and O–H groups in total. The van der Waals surface area contributed by atoms with Crippen molar-refractivity contribution in [3.63, 3.8) is 0 Å². The van der Waals surface area contributed by atoms with E-state index in [1.54, 1.807) is 0 Å². The van der Waals surface area contributed by atoms with Gasteiger partial charge in [-0.3, -0.25) is 0 Å². The van der Waals surface area contributed by atoms with Crippen molar-refractivity contribution in [2.75, 3.05) is 6.54 Å². The summed E-state index contributed by atoms with van der Waals surface area (Å²) in [6.07, 6.45) is 0. The molecule has 19 heavy (non-hydrogen) atoms. The van der Waals surface area contributed by atoms with Crippen LogP contribution in [-0.4, -0.2) is 11.5 Å². The lowest BCUT2D eigenvalue weighted by Crippen LogP contribution is -2.28. The zero-order valence-electron chi connectivity index (χ0n) is 10.7. The van der Waals surface area contributed by atoms with Gasteiger partial charge in [0, 0.05) is 35.6 Å². The minimum Gasteiger partial charge on any atom is -0.357 e. The van der Waals surface area contributed by atoms with Gasteiger partial charge in [-0.2, -0.15) is 0 Å². The smallest absolute Gasteiger partial charge is 0.0459 e. The molecule has 2 heterocycles. The predicted octanol–water partition coefficient (Wildman–Crippen LogP) is 3.40. The second-order valence-corrected chi connectivity index (χ2v) is 5.16. The molecule has 0 amide bonds. The first-order valence-corrected chi connectivity index (χ1v) is 6.78. The molecule has 1 atom stereocenters. The first-order valence-electron chi connectivity index (χ1n) is 6.78. The van der Waals surface area contributed by atoms with Crippen LogP contribution >= 0.6 is 0 Å². The number of fused-ring (bicyclic) bond motifs is 3. The maximum absolute atomic E-state index is 3.55. The number of aromatic amines is 1. The maximum Gasteiger partial charge on any atom is 0.0459 e. The monoisotopic (exact) mass is 248 g/mol. The molecule has 1 aliphatic heterocycles. The van der Waals surface area contributed by atoms with Crippen molar-refractivity contribution in [3.8, 4) is 0 Å². The Bertz CT molecular complexity index is 712. The Kier molecular flexibility index (Phi) is 2.42. The van der Waals surface area contributed by atoms with Gasteiger partial charge in [0.05, 0.1) is 0 Å². The molecular formula is C17H16N2. The minimum absolute atomic E-state index is 0.445. The number of aromatic nitrogens is 1. The fourth-order valence-corrected chi connectivity index (χ4v) is 3.17. The van der Waals surface area contributed by atoms with Crippen molar-refractivity contribution in [1.82, 2.24) is 10.3 Å². The zero-order valence-corrected chi connectivity index (χ0v) is 10.7. The molecule has 2 nitrogen and oxygen atoms in total. The fraction of sp³-hybridized carbons (Fsp3) is 0.176.